The number of nitrogens with zero attached hydrogens (tertiary/aromatic N) is 2. The Morgan fingerprint density at radius 3 is 1.75 bits per heavy atom. The number of carbonyl (C=O) groups is 2. The lowest BCUT2D eigenvalue weighted by Crippen LogP contribution is -2.03. The number of ketones is 1. The Morgan fingerprint density at radius 1 is 0.857 bits per heavy atom. The van der Waals surface area contributed by atoms with Crippen LogP contribution in [0.4, 0.5) is 0 Å². The summed E-state index contributed by atoms with van der Waals surface area (Å²) in [6.07, 6.45) is 0. The first-order valence-corrected chi connectivity index (χ1v) is 9.93. The number of methoxy groups -OCH3 is 1. The number of aliphatic hydroxyl groups is 1. The standard InChI is InChI=1S/C20H14N2O4S2/c1-26-20(25)14-8-6-13(7-9-14)17-22-19-18(28-17)21-16(27-19)12-4-2-11(3-5-12)15(24)10-23/h2-9,23H,10H2,1H3. The van der Waals surface area contributed by atoms with Gasteiger partial charge in [0.15, 0.2) is 15.4 Å². The van der Waals surface area contributed by atoms with Crippen molar-refractivity contribution in [1.82, 2.24) is 9.97 Å². The Hall–Kier alpha value is -2.94. The first-order valence-electron chi connectivity index (χ1n) is 8.29. The fourth-order valence-electron chi connectivity index (χ4n) is 2.65. The molecule has 28 heavy (non-hydrogen) atoms. The van der Waals surface area contributed by atoms with E-state index in [1.807, 2.05) is 24.3 Å². The van der Waals surface area contributed by atoms with Crippen LogP contribution >= 0.6 is 22.7 Å². The molecule has 0 radical (unpaired) electrons. The van der Waals surface area contributed by atoms with Gasteiger partial charge in [0.05, 0.1) is 12.7 Å². The second kappa shape index (κ2) is 7.59. The van der Waals surface area contributed by atoms with Crippen molar-refractivity contribution in [3.8, 4) is 21.1 Å². The normalized spacial score (nSPS) is 10.9. The number of thiazole rings is 2. The minimum Gasteiger partial charge on any atom is -0.465 e. The molecule has 0 aliphatic heterocycles. The van der Waals surface area contributed by atoms with Crippen LogP contribution in [0.5, 0.6) is 0 Å². The quantitative estimate of drug-likeness (QED) is 0.394. The molecule has 6 nitrogen and oxygen atoms in total. The molecule has 2 aromatic carbocycles. The van der Waals surface area contributed by atoms with Gasteiger partial charge >= 0.3 is 5.97 Å². The molecule has 0 saturated heterocycles. The maximum Gasteiger partial charge on any atom is 0.337 e. The number of aliphatic hydroxyl groups excluding tert-OH is 1. The fourth-order valence-corrected chi connectivity index (χ4v) is 4.70. The summed E-state index contributed by atoms with van der Waals surface area (Å²) in [5.41, 5.74) is 2.78. The van der Waals surface area contributed by atoms with E-state index < -0.39 is 6.61 Å². The highest BCUT2D eigenvalue weighted by molar-refractivity contribution is 7.29. The summed E-state index contributed by atoms with van der Waals surface area (Å²) in [7, 11) is 1.35. The van der Waals surface area contributed by atoms with Crippen molar-refractivity contribution in [1.29, 1.82) is 0 Å². The molecule has 140 valence electrons. The van der Waals surface area contributed by atoms with Crippen molar-refractivity contribution >= 4 is 44.1 Å². The summed E-state index contributed by atoms with van der Waals surface area (Å²) in [4.78, 5) is 34.0. The van der Waals surface area contributed by atoms with E-state index in [0.29, 0.717) is 11.1 Å². The Labute approximate surface area is 168 Å². The number of aromatic nitrogens is 2. The summed E-state index contributed by atoms with van der Waals surface area (Å²) >= 11 is 2.96. The Bertz CT molecular complexity index is 1040. The Balaban J connectivity index is 1.60. The molecule has 0 bridgehead atoms. The van der Waals surface area contributed by atoms with E-state index in [1.165, 1.54) is 29.8 Å². The number of benzene rings is 2. The number of rotatable bonds is 5. The van der Waals surface area contributed by atoms with Crippen LogP contribution in [0.1, 0.15) is 20.7 Å². The lowest BCUT2D eigenvalue weighted by atomic mass is 10.1. The number of esters is 1. The van der Waals surface area contributed by atoms with E-state index in [1.54, 1.807) is 24.3 Å². The SMILES string of the molecule is COC(=O)c1ccc(-c2nc3sc(-c4ccc(C(=O)CO)cc4)nc3s2)cc1. The molecule has 4 rings (SSSR count). The number of Topliss-reactive ketones (excluding diaryl/α,β-unsaturated/α-hetero) is 1. The minimum atomic E-state index is -0.500. The van der Waals surface area contributed by atoms with E-state index in [2.05, 4.69) is 9.97 Å². The molecule has 0 saturated carbocycles. The molecular formula is C20H14N2O4S2. The molecule has 2 aromatic heterocycles. The third-order valence-electron chi connectivity index (χ3n) is 4.13. The lowest BCUT2D eigenvalue weighted by Gasteiger charge is -2.00. The molecule has 0 aliphatic carbocycles. The fraction of sp³-hybridized carbons (Fsp3) is 0.100. The van der Waals surface area contributed by atoms with E-state index in [4.69, 9.17) is 9.84 Å². The average molecular weight is 410 g/mol. The van der Waals surface area contributed by atoms with Crippen LogP contribution in [0.2, 0.25) is 0 Å². The van der Waals surface area contributed by atoms with Gasteiger partial charge in [0.25, 0.3) is 0 Å². The second-order valence-electron chi connectivity index (χ2n) is 5.88. The summed E-state index contributed by atoms with van der Waals surface area (Å²) < 4.78 is 4.71. The van der Waals surface area contributed by atoms with Crippen molar-refractivity contribution in [3.63, 3.8) is 0 Å². The molecule has 4 aromatic rings. The summed E-state index contributed by atoms with van der Waals surface area (Å²) in [5, 5.41) is 10.6. The second-order valence-corrected chi connectivity index (χ2v) is 7.83. The lowest BCUT2D eigenvalue weighted by molar-refractivity contribution is 0.0600. The highest BCUT2D eigenvalue weighted by Gasteiger charge is 2.14. The van der Waals surface area contributed by atoms with E-state index in [0.717, 1.165) is 30.8 Å². The highest BCUT2D eigenvalue weighted by Crippen LogP contribution is 2.36. The zero-order valence-electron chi connectivity index (χ0n) is 14.7. The van der Waals surface area contributed by atoms with Gasteiger partial charge in [0.2, 0.25) is 0 Å². The number of hydrogen-bond acceptors (Lipinski definition) is 8. The monoisotopic (exact) mass is 410 g/mol. The number of carbonyl (C=O) groups excluding carboxylic acids is 2. The number of fused-ring (bicyclic) bond motifs is 1. The topological polar surface area (TPSA) is 89.4 Å². The van der Waals surface area contributed by atoms with E-state index in [-0.39, 0.29) is 11.8 Å². The molecule has 0 atom stereocenters. The van der Waals surface area contributed by atoms with Crippen LogP contribution in [0.25, 0.3) is 30.8 Å². The maximum atomic E-state index is 11.5. The maximum absolute atomic E-state index is 11.5. The van der Waals surface area contributed by atoms with Crippen LogP contribution in [-0.4, -0.2) is 40.5 Å². The van der Waals surface area contributed by atoms with Crippen LogP contribution in [-0.2, 0) is 4.74 Å². The first kappa shape index (κ1) is 18.4. The van der Waals surface area contributed by atoms with E-state index in [9.17, 15) is 9.59 Å². The molecule has 8 heteroatoms. The largest absolute Gasteiger partial charge is 0.465 e. The van der Waals surface area contributed by atoms with Gasteiger partial charge < -0.3 is 9.84 Å². The highest BCUT2D eigenvalue weighted by atomic mass is 32.1. The molecular weight excluding hydrogens is 396 g/mol. The van der Waals surface area contributed by atoms with Gasteiger partial charge in [-0.2, -0.15) is 0 Å². The Kier molecular flexibility index (Phi) is 4.99. The van der Waals surface area contributed by atoms with Gasteiger partial charge in [-0.25, -0.2) is 14.8 Å². The summed E-state index contributed by atoms with van der Waals surface area (Å²) in [6, 6.07) is 14.1. The van der Waals surface area contributed by atoms with Gasteiger partial charge in [-0.15, -0.1) is 0 Å². The summed E-state index contributed by atoms with van der Waals surface area (Å²) in [5.74, 6) is -0.680. The van der Waals surface area contributed by atoms with Gasteiger partial charge in [-0.1, -0.05) is 59.1 Å². The minimum absolute atomic E-state index is 0.309. The van der Waals surface area contributed by atoms with Crippen molar-refractivity contribution in [2.75, 3.05) is 13.7 Å². The zero-order valence-corrected chi connectivity index (χ0v) is 16.3. The van der Waals surface area contributed by atoms with Gasteiger partial charge in [0.1, 0.15) is 16.6 Å². The van der Waals surface area contributed by atoms with E-state index >= 15 is 0 Å². The van der Waals surface area contributed by atoms with Crippen molar-refractivity contribution in [3.05, 3.63) is 59.7 Å². The zero-order chi connectivity index (χ0) is 19.7. The van der Waals surface area contributed by atoms with Crippen LogP contribution < -0.4 is 0 Å². The van der Waals surface area contributed by atoms with Crippen molar-refractivity contribution < 1.29 is 19.4 Å². The molecule has 0 fully saturated rings. The van der Waals surface area contributed by atoms with Gasteiger partial charge in [0, 0.05) is 16.7 Å². The predicted octanol–water partition coefficient (Wildman–Crippen LogP) is 4.05. The first-order chi connectivity index (χ1) is 13.6. The van der Waals surface area contributed by atoms with Crippen molar-refractivity contribution in [2.45, 2.75) is 0 Å². The van der Waals surface area contributed by atoms with Gasteiger partial charge in [-0.3, -0.25) is 4.79 Å². The molecule has 0 aliphatic rings. The van der Waals surface area contributed by atoms with Crippen LogP contribution in [0.15, 0.2) is 48.5 Å². The molecule has 2 heterocycles. The van der Waals surface area contributed by atoms with Crippen LogP contribution in [0.3, 0.4) is 0 Å². The van der Waals surface area contributed by atoms with Gasteiger partial charge in [-0.05, 0) is 12.1 Å². The average Bonchev–Trinajstić information content (AvgIpc) is 3.32. The molecule has 0 unspecified atom stereocenters. The smallest absolute Gasteiger partial charge is 0.337 e. The third kappa shape index (κ3) is 3.45. The predicted molar refractivity (Wildman–Crippen MR) is 109 cm³/mol. The molecule has 0 spiro atoms. The third-order valence-corrected chi connectivity index (χ3v) is 6.25. The molecule has 1 N–H and O–H groups in total. The van der Waals surface area contributed by atoms with Crippen molar-refractivity contribution in [2.24, 2.45) is 0 Å². The number of ether oxygens (including phenoxy) is 1. The Morgan fingerprint density at radius 2 is 1.32 bits per heavy atom. The summed E-state index contributed by atoms with van der Waals surface area (Å²) in [6.45, 7) is -0.500. The van der Waals surface area contributed by atoms with Crippen LogP contribution in [0, 0.1) is 0 Å². The number of hydrogen-bond donors (Lipinski definition) is 1. The molecule has 0 amide bonds.